The first-order valence-electron chi connectivity index (χ1n) is 11.2. The summed E-state index contributed by atoms with van der Waals surface area (Å²) in [4.78, 5) is 12.6. The zero-order chi connectivity index (χ0) is 24.6. The van der Waals surface area contributed by atoms with Crippen LogP contribution in [-0.4, -0.2) is 38.7 Å². The molecule has 0 radical (unpaired) electrons. The molecule has 0 atom stereocenters. The third-order valence-electron chi connectivity index (χ3n) is 4.88. The van der Waals surface area contributed by atoms with Crippen molar-refractivity contribution in [3.63, 3.8) is 0 Å². The second kappa shape index (κ2) is 11.4. The normalized spacial score (nSPS) is 10.7. The first-order valence-corrected chi connectivity index (χ1v) is 11.6. The minimum atomic E-state index is -0.342. The van der Waals surface area contributed by atoms with Crippen LogP contribution < -0.4 is 19.5 Å². The zero-order valence-corrected chi connectivity index (χ0v) is 20.2. The SMILES string of the molecule is CCOc1ccc(Cn2cc(NC(=O)c3ccn(COc4cccc(Cl)c4)n3)cn2)cc1OCC. The molecule has 2 aromatic heterocycles. The van der Waals surface area contributed by atoms with Gasteiger partial charge < -0.3 is 19.5 Å². The quantitative estimate of drug-likeness (QED) is 0.319. The largest absolute Gasteiger partial charge is 0.490 e. The number of carbonyl (C=O) groups is 1. The molecule has 0 aliphatic carbocycles. The summed E-state index contributed by atoms with van der Waals surface area (Å²) in [7, 11) is 0. The Morgan fingerprint density at radius 1 is 1.00 bits per heavy atom. The van der Waals surface area contributed by atoms with Crippen LogP contribution in [0.5, 0.6) is 17.2 Å². The van der Waals surface area contributed by atoms with Crippen molar-refractivity contribution in [3.8, 4) is 17.2 Å². The number of halogens is 1. The number of nitrogens with zero attached hydrogens (tertiary/aromatic N) is 4. The van der Waals surface area contributed by atoms with E-state index in [1.165, 1.54) is 4.68 Å². The van der Waals surface area contributed by atoms with Crippen LogP contribution in [0.2, 0.25) is 5.02 Å². The van der Waals surface area contributed by atoms with Gasteiger partial charge in [-0.25, -0.2) is 4.68 Å². The van der Waals surface area contributed by atoms with E-state index in [4.69, 9.17) is 25.8 Å². The number of rotatable bonds is 11. The van der Waals surface area contributed by atoms with Crippen molar-refractivity contribution in [1.29, 1.82) is 0 Å². The maximum atomic E-state index is 12.6. The fraction of sp³-hybridized carbons (Fsp3) is 0.240. The van der Waals surface area contributed by atoms with E-state index in [9.17, 15) is 4.79 Å². The third kappa shape index (κ3) is 6.54. The summed E-state index contributed by atoms with van der Waals surface area (Å²) in [5.41, 5.74) is 1.83. The molecule has 4 aromatic rings. The van der Waals surface area contributed by atoms with Gasteiger partial charge >= 0.3 is 0 Å². The number of aromatic nitrogens is 4. The van der Waals surface area contributed by atoms with Crippen molar-refractivity contribution < 1.29 is 19.0 Å². The number of carbonyl (C=O) groups excluding carboxylic acids is 1. The van der Waals surface area contributed by atoms with Gasteiger partial charge in [-0.3, -0.25) is 9.48 Å². The molecule has 9 nitrogen and oxygen atoms in total. The predicted octanol–water partition coefficient (Wildman–Crippen LogP) is 4.87. The molecule has 0 fully saturated rings. The lowest BCUT2D eigenvalue weighted by Crippen LogP contribution is -2.14. The Bertz CT molecular complexity index is 1290. The molecular formula is C25H26ClN5O4. The molecular weight excluding hydrogens is 470 g/mol. The average Bonchev–Trinajstić information content (AvgIpc) is 3.49. The summed E-state index contributed by atoms with van der Waals surface area (Å²) >= 11 is 5.96. The van der Waals surface area contributed by atoms with Gasteiger partial charge in [0.1, 0.15) is 5.75 Å². The Hall–Kier alpha value is -3.98. The second-order valence-corrected chi connectivity index (χ2v) is 7.94. The average molecular weight is 496 g/mol. The fourth-order valence-electron chi connectivity index (χ4n) is 3.34. The Kier molecular flexibility index (Phi) is 7.89. The van der Waals surface area contributed by atoms with Crippen LogP contribution >= 0.6 is 11.6 Å². The van der Waals surface area contributed by atoms with Crippen LogP contribution in [0.1, 0.15) is 29.9 Å². The lowest BCUT2D eigenvalue weighted by atomic mass is 10.2. The van der Waals surface area contributed by atoms with Gasteiger partial charge in [0, 0.05) is 17.4 Å². The summed E-state index contributed by atoms with van der Waals surface area (Å²) in [6, 6.07) is 14.5. The molecule has 2 heterocycles. The molecule has 0 aliphatic rings. The van der Waals surface area contributed by atoms with Gasteiger partial charge in [-0.15, -0.1) is 0 Å². The predicted molar refractivity (Wildman–Crippen MR) is 132 cm³/mol. The van der Waals surface area contributed by atoms with E-state index in [1.54, 1.807) is 53.6 Å². The summed E-state index contributed by atoms with van der Waals surface area (Å²) in [5.74, 6) is 1.68. The molecule has 10 heteroatoms. The fourth-order valence-corrected chi connectivity index (χ4v) is 3.52. The van der Waals surface area contributed by atoms with E-state index in [1.807, 2.05) is 32.0 Å². The standard InChI is InChI=1S/C25H26ClN5O4/c1-3-33-23-9-8-18(12-24(23)34-4-2)15-31-16-20(14-27-31)28-25(32)22-10-11-30(29-22)17-35-21-7-5-6-19(26)13-21/h5-14,16H,3-4,15,17H2,1-2H3,(H,28,32). The molecule has 2 aromatic carbocycles. The van der Waals surface area contributed by atoms with Crippen molar-refractivity contribution in [2.45, 2.75) is 27.1 Å². The molecule has 1 amide bonds. The highest BCUT2D eigenvalue weighted by Gasteiger charge is 2.12. The minimum Gasteiger partial charge on any atom is -0.490 e. The smallest absolute Gasteiger partial charge is 0.276 e. The molecule has 1 N–H and O–H groups in total. The lowest BCUT2D eigenvalue weighted by molar-refractivity contribution is 0.102. The lowest BCUT2D eigenvalue weighted by Gasteiger charge is -2.12. The molecule has 0 saturated carbocycles. The minimum absolute atomic E-state index is 0.150. The van der Waals surface area contributed by atoms with Crippen molar-refractivity contribution >= 4 is 23.2 Å². The molecule has 35 heavy (non-hydrogen) atoms. The van der Waals surface area contributed by atoms with Crippen LogP contribution in [-0.2, 0) is 13.3 Å². The van der Waals surface area contributed by atoms with Crippen molar-refractivity contribution in [3.05, 3.63) is 83.4 Å². The number of ether oxygens (including phenoxy) is 3. The summed E-state index contributed by atoms with van der Waals surface area (Å²) < 4.78 is 20.2. The molecule has 0 bridgehead atoms. The number of anilines is 1. The van der Waals surface area contributed by atoms with Gasteiger partial charge in [0.2, 0.25) is 0 Å². The van der Waals surface area contributed by atoms with Gasteiger partial charge in [0.25, 0.3) is 5.91 Å². The second-order valence-electron chi connectivity index (χ2n) is 7.50. The maximum Gasteiger partial charge on any atom is 0.276 e. The first-order chi connectivity index (χ1) is 17.0. The number of hydrogen-bond acceptors (Lipinski definition) is 6. The number of amides is 1. The summed E-state index contributed by atoms with van der Waals surface area (Å²) in [6.45, 7) is 5.64. The van der Waals surface area contributed by atoms with Crippen molar-refractivity contribution in [2.75, 3.05) is 18.5 Å². The van der Waals surface area contributed by atoms with Gasteiger partial charge in [0.05, 0.1) is 31.6 Å². The van der Waals surface area contributed by atoms with E-state index >= 15 is 0 Å². The number of hydrogen-bond donors (Lipinski definition) is 1. The molecule has 0 unspecified atom stereocenters. The topological polar surface area (TPSA) is 92.4 Å². The van der Waals surface area contributed by atoms with E-state index in [0.717, 1.165) is 5.56 Å². The van der Waals surface area contributed by atoms with Gasteiger partial charge in [-0.05, 0) is 55.8 Å². The van der Waals surface area contributed by atoms with E-state index < -0.39 is 0 Å². The van der Waals surface area contributed by atoms with Gasteiger partial charge in [0.15, 0.2) is 23.9 Å². The van der Waals surface area contributed by atoms with Crippen LogP contribution in [0.15, 0.2) is 67.1 Å². The first kappa shape index (κ1) is 24.2. The highest BCUT2D eigenvalue weighted by atomic mass is 35.5. The Labute approximate surface area is 208 Å². The van der Waals surface area contributed by atoms with Crippen LogP contribution in [0.3, 0.4) is 0 Å². The monoisotopic (exact) mass is 495 g/mol. The van der Waals surface area contributed by atoms with Crippen LogP contribution in [0.4, 0.5) is 5.69 Å². The Morgan fingerprint density at radius 2 is 1.83 bits per heavy atom. The van der Waals surface area contributed by atoms with Crippen LogP contribution in [0, 0.1) is 0 Å². The maximum absolute atomic E-state index is 12.6. The van der Waals surface area contributed by atoms with E-state index in [-0.39, 0.29) is 18.3 Å². The summed E-state index contributed by atoms with van der Waals surface area (Å²) in [5, 5.41) is 12.0. The molecule has 0 spiro atoms. The number of benzene rings is 2. The van der Waals surface area contributed by atoms with Gasteiger partial charge in [-0.1, -0.05) is 23.7 Å². The third-order valence-corrected chi connectivity index (χ3v) is 5.11. The van der Waals surface area contributed by atoms with Gasteiger partial charge in [-0.2, -0.15) is 10.2 Å². The zero-order valence-electron chi connectivity index (χ0n) is 19.5. The highest BCUT2D eigenvalue weighted by molar-refractivity contribution is 6.30. The summed E-state index contributed by atoms with van der Waals surface area (Å²) in [6.07, 6.45) is 5.02. The highest BCUT2D eigenvalue weighted by Crippen LogP contribution is 2.29. The Morgan fingerprint density at radius 3 is 2.63 bits per heavy atom. The Balaban J connectivity index is 1.34. The van der Waals surface area contributed by atoms with E-state index in [0.29, 0.717) is 47.7 Å². The number of nitrogens with one attached hydrogen (secondary N) is 1. The molecule has 0 saturated heterocycles. The molecule has 4 rings (SSSR count). The van der Waals surface area contributed by atoms with Crippen molar-refractivity contribution in [1.82, 2.24) is 19.6 Å². The van der Waals surface area contributed by atoms with Crippen molar-refractivity contribution in [2.24, 2.45) is 0 Å². The van der Waals surface area contributed by atoms with Crippen LogP contribution in [0.25, 0.3) is 0 Å². The molecule has 182 valence electrons. The van der Waals surface area contributed by atoms with E-state index in [2.05, 4.69) is 15.5 Å². The molecule has 0 aliphatic heterocycles.